The van der Waals surface area contributed by atoms with E-state index in [1.807, 2.05) is 34.9 Å². The van der Waals surface area contributed by atoms with E-state index in [-0.39, 0.29) is 11.7 Å². The Balaban J connectivity index is 1.66. The minimum absolute atomic E-state index is 0.164. The summed E-state index contributed by atoms with van der Waals surface area (Å²) >= 11 is 4.64. The molecule has 2 aromatic heterocycles. The summed E-state index contributed by atoms with van der Waals surface area (Å²) in [7, 11) is 0. The van der Waals surface area contributed by atoms with E-state index >= 15 is 0 Å². The molecule has 162 valence electrons. The third-order valence-corrected chi connectivity index (χ3v) is 5.67. The molecule has 0 unspecified atom stereocenters. The molecule has 0 atom stereocenters. The lowest BCUT2D eigenvalue weighted by atomic mass is 10.2. The molecule has 9 heteroatoms. The van der Waals surface area contributed by atoms with Gasteiger partial charge in [-0.25, -0.2) is 4.98 Å². The molecular formula is C22H24BrN5O2S. The van der Waals surface area contributed by atoms with Crippen LogP contribution in [0.5, 0.6) is 5.75 Å². The second-order valence-corrected chi connectivity index (χ2v) is 8.49. The van der Waals surface area contributed by atoms with Crippen molar-refractivity contribution in [3.63, 3.8) is 0 Å². The number of amides is 1. The number of nitrogens with one attached hydrogen (secondary N) is 1. The minimum atomic E-state index is -0.164. The second-order valence-electron chi connectivity index (χ2n) is 6.63. The fourth-order valence-corrected chi connectivity index (χ4v) is 3.68. The molecule has 1 aromatic carbocycles. The first-order valence-corrected chi connectivity index (χ1v) is 11.7. The van der Waals surface area contributed by atoms with Gasteiger partial charge in [0.15, 0.2) is 11.0 Å². The van der Waals surface area contributed by atoms with Gasteiger partial charge in [-0.1, -0.05) is 31.2 Å². The van der Waals surface area contributed by atoms with Gasteiger partial charge < -0.3 is 10.1 Å². The minimum Gasteiger partial charge on any atom is -0.494 e. The van der Waals surface area contributed by atoms with Crippen LogP contribution in [0.2, 0.25) is 0 Å². The zero-order valence-electron chi connectivity index (χ0n) is 17.3. The highest BCUT2D eigenvalue weighted by Gasteiger charge is 2.15. The van der Waals surface area contributed by atoms with Crippen molar-refractivity contribution in [2.24, 2.45) is 0 Å². The molecule has 2 heterocycles. The number of pyridine rings is 1. The van der Waals surface area contributed by atoms with Gasteiger partial charge in [0, 0.05) is 22.8 Å². The molecule has 1 amide bonds. The molecule has 0 saturated carbocycles. The molecule has 0 bridgehead atoms. The van der Waals surface area contributed by atoms with Gasteiger partial charge in [-0.2, -0.15) is 0 Å². The molecule has 1 N–H and O–H groups in total. The molecule has 0 aliphatic heterocycles. The lowest BCUT2D eigenvalue weighted by Crippen LogP contribution is -2.15. The van der Waals surface area contributed by atoms with Crippen molar-refractivity contribution in [3.8, 4) is 17.1 Å². The number of carbonyl (C=O) groups is 1. The van der Waals surface area contributed by atoms with Crippen LogP contribution in [-0.2, 0) is 11.3 Å². The molecule has 3 rings (SSSR count). The van der Waals surface area contributed by atoms with Crippen LogP contribution in [0.25, 0.3) is 11.4 Å². The number of carbonyl (C=O) groups excluding carboxylic acids is 1. The van der Waals surface area contributed by atoms with Gasteiger partial charge in [0.1, 0.15) is 11.6 Å². The SMILES string of the molecule is C=CCn1c(SCC(=O)Nc2ccc(Br)cn2)nnc1-c1ccc(OCCCC)cc1. The zero-order valence-corrected chi connectivity index (χ0v) is 19.7. The Labute approximate surface area is 194 Å². The van der Waals surface area contributed by atoms with Crippen molar-refractivity contribution in [2.45, 2.75) is 31.5 Å². The van der Waals surface area contributed by atoms with Crippen molar-refractivity contribution >= 4 is 39.4 Å². The number of thioether (sulfide) groups is 1. The number of benzene rings is 1. The Hall–Kier alpha value is -2.65. The lowest BCUT2D eigenvalue weighted by molar-refractivity contribution is -0.113. The summed E-state index contributed by atoms with van der Waals surface area (Å²) < 4.78 is 8.52. The number of allylic oxidation sites excluding steroid dienone is 1. The summed E-state index contributed by atoms with van der Waals surface area (Å²) in [5.74, 6) is 2.08. The Morgan fingerprint density at radius 3 is 2.74 bits per heavy atom. The van der Waals surface area contributed by atoms with Crippen LogP contribution < -0.4 is 10.1 Å². The molecule has 3 aromatic rings. The maximum atomic E-state index is 12.3. The molecular weight excluding hydrogens is 478 g/mol. The molecule has 0 saturated heterocycles. The number of aromatic nitrogens is 4. The Kier molecular flexibility index (Phi) is 8.66. The molecule has 0 fully saturated rings. The third kappa shape index (κ3) is 6.67. The Morgan fingerprint density at radius 1 is 1.26 bits per heavy atom. The van der Waals surface area contributed by atoms with E-state index in [1.54, 1.807) is 18.3 Å². The van der Waals surface area contributed by atoms with Crippen molar-refractivity contribution in [1.82, 2.24) is 19.7 Å². The van der Waals surface area contributed by atoms with E-state index in [4.69, 9.17) is 4.74 Å². The van der Waals surface area contributed by atoms with Crippen LogP contribution in [0.1, 0.15) is 19.8 Å². The van der Waals surface area contributed by atoms with E-state index in [0.29, 0.717) is 24.1 Å². The smallest absolute Gasteiger partial charge is 0.236 e. The topological polar surface area (TPSA) is 81.9 Å². The average molecular weight is 502 g/mol. The molecule has 7 nitrogen and oxygen atoms in total. The monoisotopic (exact) mass is 501 g/mol. The van der Waals surface area contributed by atoms with Crippen molar-refractivity contribution in [1.29, 1.82) is 0 Å². The van der Waals surface area contributed by atoms with Crippen LogP contribution in [0.15, 0.2) is 64.9 Å². The molecule has 31 heavy (non-hydrogen) atoms. The molecule has 0 radical (unpaired) electrons. The average Bonchev–Trinajstić information content (AvgIpc) is 3.17. The van der Waals surface area contributed by atoms with E-state index in [0.717, 1.165) is 34.5 Å². The van der Waals surface area contributed by atoms with E-state index in [9.17, 15) is 4.79 Å². The van der Waals surface area contributed by atoms with Crippen LogP contribution in [-0.4, -0.2) is 38.0 Å². The van der Waals surface area contributed by atoms with Gasteiger partial charge in [0.2, 0.25) is 5.91 Å². The quantitative estimate of drug-likeness (QED) is 0.221. The predicted molar refractivity (Wildman–Crippen MR) is 127 cm³/mol. The summed E-state index contributed by atoms with van der Waals surface area (Å²) in [6.07, 6.45) is 5.54. The number of anilines is 1. The van der Waals surface area contributed by atoms with E-state index in [1.165, 1.54) is 11.8 Å². The number of halogens is 1. The van der Waals surface area contributed by atoms with Gasteiger partial charge in [0.05, 0.1) is 12.4 Å². The predicted octanol–water partition coefficient (Wildman–Crippen LogP) is 5.20. The maximum absolute atomic E-state index is 12.3. The highest BCUT2D eigenvalue weighted by atomic mass is 79.9. The number of unbranched alkanes of at least 4 members (excludes halogenated alkanes) is 1. The van der Waals surface area contributed by atoms with Crippen molar-refractivity contribution in [3.05, 3.63) is 59.7 Å². The summed E-state index contributed by atoms with van der Waals surface area (Å²) in [6, 6.07) is 11.4. The number of ether oxygens (including phenoxy) is 1. The highest BCUT2D eigenvalue weighted by molar-refractivity contribution is 9.10. The summed E-state index contributed by atoms with van der Waals surface area (Å²) in [5, 5.41) is 12.0. The Morgan fingerprint density at radius 2 is 2.06 bits per heavy atom. The summed E-state index contributed by atoms with van der Waals surface area (Å²) in [4.78, 5) is 16.4. The van der Waals surface area contributed by atoms with E-state index < -0.39 is 0 Å². The van der Waals surface area contributed by atoms with Gasteiger partial charge in [-0.05, 0) is 58.7 Å². The van der Waals surface area contributed by atoms with E-state index in [2.05, 4.69) is 49.9 Å². The van der Waals surface area contributed by atoms with Crippen LogP contribution in [0.3, 0.4) is 0 Å². The van der Waals surface area contributed by atoms with Crippen LogP contribution in [0.4, 0.5) is 5.82 Å². The van der Waals surface area contributed by atoms with Crippen LogP contribution in [0, 0.1) is 0 Å². The number of nitrogens with zero attached hydrogens (tertiary/aromatic N) is 4. The zero-order chi connectivity index (χ0) is 22.1. The molecule has 0 aliphatic rings. The Bertz CT molecular complexity index is 1010. The first kappa shape index (κ1) is 23.0. The number of hydrogen-bond acceptors (Lipinski definition) is 6. The summed E-state index contributed by atoms with van der Waals surface area (Å²) in [5.41, 5.74) is 0.924. The van der Waals surface area contributed by atoms with Gasteiger partial charge >= 0.3 is 0 Å². The molecule has 0 spiro atoms. The number of rotatable bonds is 11. The normalized spacial score (nSPS) is 10.6. The summed E-state index contributed by atoms with van der Waals surface area (Å²) in [6.45, 7) is 7.21. The molecule has 0 aliphatic carbocycles. The number of hydrogen-bond donors (Lipinski definition) is 1. The second kappa shape index (κ2) is 11.7. The third-order valence-electron chi connectivity index (χ3n) is 4.23. The highest BCUT2D eigenvalue weighted by Crippen LogP contribution is 2.26. The first-order chi connectivity index (χ1) is 15.1. The first-order valence-electron chi connectivity index (χ1n) is 9.92. The fourth-order valence-electron chi connectivity index (χ4n) is 2.70. The standard InChI is InChI=1S/C22H24BrN5O2S/c1-3-5-13-30-18-9-6-16(7-10-18)21-26-27-22(28(21)12-4-2)31-15-20(29)25-19-11-8-17(23)14-24-19/h4,6-11,14H,2-3,5,12-13,15H2,1H3,(H,24,25,29). The largest absolute Gasteiger partial charge is 0.494 e. The van der Waals surface area contributed by atoms with Gasteiger partial charge in [-0.3, -0.25) is 9.36 Å². The maximum Gasteiger partial charge on any atom is 0.236 e. The van der Waals surface area contributed by atoms with Crippen molar-refractivity contribution < 1.29 is 9.53 Å². The van der Waals surface area contributed by atoms with Crippen molar-refractivity contribution in [2.75, 3.05) is 17.7 Å². The van der Waals surface area contributed by atoms with Crippen LogP contribution >= 0.6 is 27.7 Å². The lowest BCUT2D eigenvalue weighted by Gasteiger charge is -2.09. The van der Waals surface area contributed by atoms with Gasteiger partial charge in [0.25, 0.3) is 0 Å². The van der Waals surface area contributed by atoms with Gasteiger partial charge in [-0.15, -0.1) is 16.8 Å². The fraction of sp³-hybridized carbons (Fsp3) is 0.273.